The van der Waals surface area contributed by atoms with Crippen molar-refractivity contribution in [1.82, 2.24) is 10.2 Å². The van der Waals surface area contributed by atoms with Crippen LogP contribution in [0.4, 0.5) is 4.39 Å². The van der Waals surface area contributed by atoms with Crippen molar-refractivity contribution in [2.45, 2.75) is 19.9 Å². The Morgan fingerprint density at radius 2 is 2.05 bits per heavy atom. The molecule has 1 aromatic carbocycles. The fourth-order valence-corrected chi connectivity index (χ4v) is 2.04. The maximum absolute atomic E-state index is 12.9. The van der Waals surface area contributed by atoms with Gasteiger partial charge < -0.3 is 10.2 Å². The van der Waals surface area contributed by atoms with Crippen LogP contribution >= 0.6 is 15.9 Å². The van der Waals surface area contributed by atoms with Crippen molar-refractivity contribution in [3.05, 3.63) is 34.1 Å². The van der Waals surface area contributed by atoms with E-state index in [0.29, 0.717) is 10.0 Å². The summed E-state index contributed by atoms with van der Waals surface area (Å²) >= 11 is 3.13. The molecule has 0 atom stereocenters. The van der Waals surface area contributed by atoms with Crippen LogP contribution in [0.1, 0.15) is 24.2 Å². The zero-order chi connectivity index (χ0) is 14.6. The number of hydrogen-bond donors (Lipinski definition) is 1. The van der Waals surface area contributed by atoms with E-state index in [4.69, 9.17) is 0 Å². The molecule has 0 heterocycles. The molecule has 0 fully saturated rings. The lowest BCUT2D eigenvalue weighted by Crippen LogP contribution is -2.40. The van der Waals surface area contributed by atoms with Crippen molar-refractivity contribution >= 4 is 27.7 Å². The SMILES string of the molecule is CC(C)NC(=O)CN(C)C(=O)c1ccc(F)cc1Br. The predicted octanol–water partition coefficient (Wildman–Crippen LogP) is 2.18. The van der Waals surface area contributed by atoms with E-state index in [0.717, 1.165) is 0 Å². The normalized spacial score (nSPS) is 10.4. The Kier molecular flexibility index (Phi) is 5.47. The molecule has 0 aliphatic carbocycles. The molecule has 0 saturated heterocycles. The second-order valence-electron chi connectivity index (χ2n) is 4.51. The number of nitrogens with one attached hydrogen (secondary N) is 1. The predicted molar refractivity (Wildman–Crippen MR) is 74.3 cm³/mol. The molecule has 1 rings (SSSR count). The summed E-state index contributed by atoms with van der Waals surface area (Å²) in [4.78, 5) is 24.9. The second kappa shape index (κ2) is 6.65. The standard InChI is InChI=1S/C13H16BrFN2O2/c1-8(2)16-12(18)7-17(3)13(19)10-5-4-9(15)6-11(10)14/h4-6,8H,7H2,1-3H3,(H,16,18). The number of likely N-dealkylation sites (N-methyl/N-ethyl adjacent to an activating group) is 1. The highest BCUT2D eigenvalue weighted by molar-refractivity contribution is 9.10. The first-order valence-corrected chi connectivity index (χ1v) is 6.60. The third kappa shape index (κ3) is 4.63. The summed E-state index contributed by atoms with van der Waals surface area (Å²) in [6.45, 7) is 3.65. The maximum atomic E-state index is 12.9. The molecule has 0 aliphatic rings. The lowest BCUT2D eigenvalue weighted by atomic mass is 10.2. The third-order valence-electron chi connectivity index (χ3n) is 2.34. The van der Waals surface area contributed by atoms with Crippen LogP contribution in [-0.2, 0) is 4.79 Å². The Bertz CT molecular complexity index is 492. The van der Waals surface area contributed by atoms with Crippen LogP contribution in [0.2, 0.25) is 0 Å². The van der Waals surface area contributed by atoms with E-state index in [2.05, 4.69) is 21.2 Å². The molecule has 6 heteroatoms. The van der Waals surface area contributed by atoms with Crippen LogP contribution < -0.4 is 5.32 Å². The largest absolute Gasteiger partial charge is 0.352 e. The van der Waals surface area contributed by atoms with Crippen LogP contribution in [-0.4, -0.2) is 36.3 Å². The molecule has 0 saturated carbocycles. The number of amides is 2. The van der Waals surface area contributed by atoms with Gasteiger partial charge in [-0.05, 0) is 48.0 Å². The monoisotopic (exact) mass is 330 g/mol. The summed E-state index contributed by atoms with van der Waals surface area (Å²) in [7, 11) is 1.53. The van der Waals surface area contributed by atoms with E-state index in [1.165, 1.54) is 30.1 Å². The Hall–Kier alpha value is -1.43. The van der Waals surface area contributed by atoms with Gasteiger partial charge >= 0.3 is 0 Å². The van der Waals surface area contributed by atoms with Gasteiger partial charge in [0, 0.05) is 17.6 Å². The lowest BCUT2D eigenvalue weighted by Gasteiger charge is -2.18. The molecule has 104 valence electrons. The molecular formula is C13H16BrFN2O2. The van der Waals surface area contributed by atoms with Crippen LogP contribution in [0.25, 0.3) is 0 Å². The van der Waals surface area contributed by atoms with E-state index < -0.39 is 5.82 Å². The Balaban J connectivity index is 2.74. The van der Waals surface area contributed by atoms with Crippen molar-refractivity contribution in [3.63, 3.8) is 0 Å². The molecule has 19 heavy (non-hydrogen) atoms. The molecule has 0 spiro atoms. The molecule has 0 unspecified atom stereocenters. The molecule has 0 radical (unpaired) electrons. The van der Waals surface area contributed by atoms with Crippen LogP contribution in [0.15, 0.2) is 22.7 Å². The van der Waals surface area contributed by atoms with E-state index in [1.54, 1.807) is 0 Å². The van der Waals surface area contributed by atoms with Crippen LogP contribution in [0.5, 0.6) is 0 Å². The van der Waals surface area contributed by atoms with Crippen molar-refractivity contribution in [1.29, 1.82) is 0 Å². The molecule has 0 aliphatic heterocycles. The molecule has 0 bridgehead atoms. The fraction of sp³-hybridized carbons (Fsp3) is 0.385. The van der Waals surface area contributed by atoms with Gasteiger partial charge in [0.15, 0.2) is 0 Å². The minimum Gasteiger partial charge on any atom is -0.352 e. The molecule has 0 aromatic heterocycles. The van der Waals surface area contributed by atoms with Gasteiger partial charge in [0.2, 0.25) is 5.91 Å². The van der Waals surface area contributed by atoms with Crippen LogP contribution in [0.3, 0.4) is 0 Å². The average molecular weight is 331 g/mol. The van der Waals surface area contributed by atoms with Crippen molar-refractivity contribution < 1.29 is 14.0 Å². The van der Waals surface area contributed by atoms with Gasteiger partial charge in [-0.2, -0.15) is 0 Å². The first-order valence-electron chi connectivity index (χ1n) is 5.81. The molecule has 2 amide bonds. The maximum Gasteiger partial charge on any atom is 0.255 e. The second-order valence-corrected chi connectivity index (χ2v) is 5.36. The molecule has 4 nitrogen and oxygen atoms in total. The minimum atomic E-state index is -0.427. The number of benzene rings is 1. The number of carbonyl (C=O) groups excluding carboxylic acids is 2. The van der Waals surface area contributed by atoms with Gasteiger partial charge in [0.05, 0.1) is 12.1 Å². The Labute approximate surface area is 120 Å². The smallest absolute Gasteiger partial charge is 0.255 e. The van der Waals surface area contributed by atoms with Crippen molar-refractivity contribution in [2.75, 3.05) is 13.6 Å². The van der Waals surface area contributed by atoms with Gasteiger partial charge in [-0.1, -0.05) is 0 Å². The van der Waals surface area contributed by atoms with Crippen LogP contribution in [0, 0.1) is 5.82 Å². The molecule has 1 aromatic rings. The van der Waals surface area contributed by atoms with Crippen molar-refractivity contribution in [2.24, 2.45) is 0 Å². The number of nitrogens with zero attached hydrogens (tertiary/aromatic N) is 1. The van der Waals surface area contributed by atoms with E-state index in [-0.39, 0.29) is 24.4 Å². The number of rotatable bonds is 4. The Morgan fingerprint density at radius 1 is 1.42 bits per heavy atom. The first kappa shape index (κ1) is 15.6. The zero-order valence-corrected chi connectivity index (χ0v) is 12.6. The summed E-state index contributed by atoms with van der Waals surface area (Å²) in [5.74, 6) is -1.00. The van der Waals surface area contributed by atoms with E-state index in [9.17, 15) is 14.0 Å². The third-order valence-corrected chi connectivity index (χ3v) is 2.99. The Morgan fingerprint density at radius 3 is 2.58 bits per heavy atom. The summed E-state index contributed by atoms with van der Waals surface area (Å²) in [5, 5.41) is 2.70. The first-order chi connectivity index (χ1) is 8.81. The highest BCUT2D eigenvalue weighted by Crippen LogP contribution is 2.19. The topological polar surface area (TPSA) is 49.4 Å². The number of carbonyl (C=O) groups is 2. The van der Waals surface area contributed by atoms with E-state index >= 15 is 0 Å². The average Bonchev–Trinajstić information content (AvgIpc) is 2.26. The van der Waals surface area contributed by atoms with Gasteiger partial charge in [-0.15, -0.1) is 0 Å². The molecular weight excluding hydrogens is 315 g/mol. The zero-order valence-electron chi connectivity index (χ0n) is 11.0. The molecule has 1 N–H and O–H groups in total. The number of halogens is 2. The van der Waals surface area contributed by atoms with E-state index in [1.807, 2.05) is 13.8 Å². The van der Waals surface area contributed by atoms with Gasteiger partial charge in [0.1, 0.15) is 5.82 Å². The highest BCUT2D eigenvalue weighted by atomic mass is 79.9. The number of hydrogen-bond acceptors (Lipinski definition) is 2. The summed E-state index contributed by atoms with van der Waals surface area (Å²) < 4.78 is 13.3. The summed E-state index contributed by atoms with van der Waals surface area (Å²) in [6.07, 6.45) is 0. The van der Waals surface area contributed by atoms with Gasteiger partial charge in [0.25, 0.3) is 5.91 Å². The quantitative estimate of drug-likeness (QED) is 0.919. The highest BCUT2D eigenvalue weighted by Gasteiger charge is 2.17. The van der Waals surface area contributed by atoms with Gasteiger partial charge in [-0.3, -0.25) is 9.59 Å². The fourth-order valence-electron chi connectivity index (χ4n) is 1.52. The van der Waals surface area contributed by atoms with Gasteiger partial charge in [-0.25, -0.2) is 4.39 Å². The minimum absolute atomic E-state index is 0.0218. The summed E-state index contributed by atoms with van der Waals surface area (Å²) in [6, 6.07) is 3.84. The van der Waals surface area contributed by atoms with Crippen molar-refractivity contribution in [3.8, 4) is 0 Å². The summed E-state index contributed by atoms with van der Waals surface area (Å²) in [5.41, 5.74) is 0.321. The lowest BCUT2D eigenvalue weighted by molar-refractivity contribution is -0.122.